The lowest BCUT2D eigenvalue weighted by atomic mass is 10.1. The molecule has 1 heterocycles. The number of hydrogen-bond acceptors (Lipinski definition) is 5. The van der Waals surface area contributed by atoms with Gasteiger partial charge in [-0.3, -0.25) is 14.3 Å². The molecule has 1 amide bonds. The number of fused-ring (bicyclic) bond motifs is 1. The minimum absolute atomic E-state index is 0.268. The van der Waals surface area contributed by atoms with Crippen LogP contribution in [-0.4, -0.2) is 25.8 Å². The van der Waals surface area contributed by atoms with E-state index < -0.39 is 27.8 Å². The lowest BCUT2D eigenvalue weighted by Crippen LogP contribution is -2.43. The van der Waals surface area contributed by atoms with Gasteiger partial charge in [-0.1, -0.05) is 30.3 Å². The number of nitrogens with zero attached hydrogens (tertiary/aromatic N) is 1. The second kappa shape index (κ2) is 7.02. The molecule has 0 saturated heterocycles. The summed E-state index contributed by atoms with van der Waals surface area (Å²) in [6, 6.07) is 10.8. The van der Waals surface area contributed by atoms with E-state index in [-0.39, 0.29) is 11.3 Å². The molecule has 0 aliphatic heterocycles. The van der Waals surface area contributed by atoms with Crippen molar-refractivity contribution in [3.05, 3.63) is 65.3 Å². The van der Waals surface area contributed by atoms with Crippen molar-refractivity contribution in [3.8, 4) is 0 Å². The van der Waals surface area contributed by atoms with E-state index >= 15 is 0 Å². The first-order valence-corrected chi connectivity index (χ1v) is 10.2. The number of hydroxylamine groups is 1. The number of benzene rings is 2. The Kier molecular flexibility index (Phi) is 4.94. The molecule has 0 unspecified atom stereocenters. The molecule has 0 spiro atoms. The summed E-state index contributed by atoms with van der Waals surface area (Å²) in [5.74, 6) is -1.77. The molecule has 0 radical (unpaired) electrons. The smallest absolute Gasteiger partial charge is 0.271 e. The van der Waals surface area contributed by atoms with Crippen LogP contribution in [-0.2, 0) is 14.8 Å². The third-order valence-corrected chi connectivity index (χ3v) is 5.83. The average molecular weight is 394 g/mol. The summed E-state index contributed by atoms with van der Waals surface area (Å²) in [5.41, 5.74) is 1.49. The Bertz CT molecular complexity index is 1050. The highest BCUT2D eigenvalue weighted by Gasteiger charge is 2.35. The SMILES string of the molecule is CS(=O)(=O)N(c1cc2ccsc2cc1F)[C@@H](C(=O)NO)c1ccccc1. The van der Waals surface area contributed by atoms with E-state index in [0.717, 1.165) is 6.26 Å². The first-order chi connectivity index (χ1) is 12.3. The highest BCUT2D eigenvalue weighted by Crippen LogP contribution is 2.35. The zero-order valence-corrected chi connectivity index (χ0v) is 15.2. The van der Waals surface area contributed by atoms with Crippen LogP contribution < -0.4 is 9.79 Å². The van der Waals surface area contributed by atoms with Crippen LogP contribution in [0.4, 0.5) is 10.1 Å². The molecule has 6 nitrogen and oxygen atoms in total. The van der Waals surface area contributed by atoms with Crippen LogP contribution in [0, 0.1) is 5.82 Å². The van der Waals surface area contributed by atoms with Crippen LogP contribution in [0.15, 0.2) is 53.9 Å². The van der Waals surface area contributed by atoms with Gasteiger partial charge in [0.05, 0.1) is 11.9 Å². The highest BCUT2D eigenvalue weighted by atomic mass is 32.2. The summed E-state index contributed by atoms with van der Waals surface area (Å²) in [4.78, 5) is 12.3. The molecule has 26 heavy (non-hydrogen) atoms. The van der Waals surface area contributed by atoms with Gasteiger partial charge in [-0.2, -0.15) is 0 Å². The van der Waals surface area contributed by atoms with Crippen LogP contribution in [0.2, 0.25) is 0 Å². The van der Waals surface area contributed by atoms with E-state index in [9.17, 15) is 17.6 Å². The van der Waals surface area contributed by atoms with Crippen molar-refractivity contribution in [2.75, 3.05) is 10.6 Å². The van der Waals surface area contributed by atoms with Gasteiger partial charge < -0.3 is 0 Å². The molecule has 0 bridgehead atoms. The van der Waals surface area contributed by atoms with E-state index in [1.807, 2.05) is 0 Å². The van der Waals surface area contributed by atoms with Gasteiger partial charge in [0.25, 0.3) is 5.91 Å². The summed E-state index contributed by atoms with van der Waals surface area (Å²) < 4.78 is 41.1. The van der Waals surface area contributed by atoms with Gasteiger partial charge in [0.15, 0.2) is 6.04 Å². The lowest BCUT2D eigenvalue weighted by Gasteiger charge is -2.30. The van der Waals surface area contributed by atoms with Crippen LogP contribution >= 0.6 is 11.3 Å². The number of carbonyl (C=O) groups excluding carboxylic acids is 1. The van der Waals surface area contributed by atoms with Gasteiger partial charge in [-0.25, -0.2) is 18.3 Å². The monoisotopic (exact) mass is 394 g/mol. The molecule has 1 atom stereocenters. The highest BCUT2D eigenvalue weighted by molar-refractivity contribution is 7.92. The predicted molar refractivity (Wildman–Crippen MR) is 98.2 cm³/mol. The molecule has 0 aliphatic carbocycles. The summed E-state index contributed by atoms with van der Waals surface area (Å²) in [6.07, 6.45) is 0.880. The molecular formula is C17H15FN2O4S2. The number of halogens is 1. The third kappa shape index (κ3) is 3.41. The zero-order valence-electron chi connectivity index (χ0n) is 13.6. The molecule has 0 saturated carbocycles. The van der Waals surface area contributed by atoms with Crippen molar-refractivity contribution < 1.29 is 22.8 Å². The van der Waals surface area contributed by atoms with Crippen molar-refractivity contribution in [2.45, 2.75) is 6.04 Å². The molecule has 3 aromatic rings. The second-order valence-corrected chi connectivity index (χ2v) is 8.42. The zero-order chi connectivity index (χ0) is 18.9. The van der Waals surface area contributed by atoms with Crippen molar-refractivity contribution in [2.24, 2.45) is 0 Å². The number of sulfonamides is 1. The van der Waals surface area contributed by atoms with Gasteiger partial charge in [-0.15, -0.1) is 11.3 Å². The maximum atomic E-state index is 14.7. The van der Waals surface area contributed by atoms with Gasteiger partial charge in [0, 0.05) is 4.70 Å². The number of anilines is 1. The average Bonchev–Trinajstić information content (AvgIpc) is 3.05. The van der Waals surface area contributed by atoms with E-state index in [1.54, 1.807) is 29.6 Å². The van der Waals surface area contributed by atoms with Crippen LogP contribution in [0.1, 0.15) is 11.6 Å². The number of nitrogens with one attached hydrogen (secondary N) is 1. The minimum atomic E-state index is -4.07. The Labute approximate surface area is 153 Å². The summed E-state index contributed by atoms with van der Waals surface area (Å²) in [5, 5.41) is 11.5. The van der Waals surface area contributed by atoms with Crippen molar-refractivity contribution in [1.29, 1.82) is 0 Å². The quantitative estimate of drug-likeness (QED) is 0.514. The maximum Gasteiger partial charge on any atom is 0.271 e. The largest absolute Gasteiger partial charge is 0.289 e. The molecule has 9 heteroatoms. The molecule has 0 aliphatic rings. The standard InChI is InChI=1S/C17H15FN2O4S2/c1-26(23,24)20(14-9-12-7-8-25-15(12)10-13(14)18)16(17(21)19-22)11-5-3-2-4-6-11/h2-10,16,22H,1H3,(H,19,21)/t16-/m1/s1. The fraction of sp³-hybridized carbons (Fsp3) is 0.118. The fourth-order valence-corrected chi connectivity index (χ4v) is 4.63. The number of hydrogen-bond donors (Lipinski definition) is 2. The van der Waals surface area contributed by atoms with E-state index in [2.05, 4.69) is 0 Å². The number of thiophene rings is 1. The predicted octanol–water partition coefficient (Wildman–Crippen LogP) is 3.05. The molecule has 136 valence electrons. The summed E-state index contributed by atoms with van der Waals surface area (Å²) in [7, 11) is -4.07. The Hall–Kier alpha value is -2.49. The molecular weight excluding hydrogens is 379 g/mol. The molecule has 2 N–H and O–H groups in total. The van der Waals surface area contributed by atoms with Crippen molar-refractivity contribution in [1.82, 2.24) is 5.48 Å². The first-order valence-electron chi connectivity index (χ1n) is 7.48. The number of carbonyl (C=O) groups is 1. The molecule has 1 aromatic heterocycles. The Morgan fingerprint density at radius 2 is 1.92 bits per heavy atom. The topological polar surface area (TPSA) is 86.7 Å². The van der Waals surface area contributed by atoms with Crippen LogP contribution in [0.3, 0.4) is 0 Å². The normalized spacial score (nSPS) is 12.7. The maximum absolute atomic E-state index is 14.7. The number of rotatable bonds is 5. The molecule has 2 aromatic carbocycles. The van der Waals surface area contributed by atoms with Crippen molar-refractivity contribution >= 4 is 43.0 Å². The second-order valence-electron chi connectivity index (χ2n) is 5.61. The lowest BCUT2D eigenvalue weighted by molar-refractivity contribution is -0.130. The summed E-state index contributed by atoms with van der Waals surface area (Å²) >= 11 is 1.32. The van der Waals surface area contributed by atoms with Crippen LogP contribution in [0.5, 0.6) is 0 Å². The van der Waals surface area contributed by atoms with Gasteiger partial charge in [-0.05, 0) is 34.5 Å². The van der Waals surface area contributed by atoms with Gasteiger partial charge in [0.1, 0.15) is 5.82 Å². The Morgan fingerprint density at radius 1 is 1.23 bits per heavy atom. The fourth-order valence-electron chi connectivity index (χ4n) is 2.74. The summed E-state index contributed by atoms with van der Waals surface area (Å²) in [6.45, 7) is 0. The van der Waals surface area contributed by atoms with Gasteiger partial charge in [0.2, 0.25) is 10.0 Å². The first kappa shape index (κ1) is 18.3. The third-order valence-electron chi connectivity index (χ3n) is 3.82. The minimum Gasteiger partial charge on any atom is -0.289 e. The molecule has 3 rings (SSSR count). The van der Waals surface area contributed by atoms with Gasteiger partial charge >= 0.3 is 0 Å². The van der Waals surface area contributed by atoms with Crippen molar-refractivity contribution in [3.63, 3.8) is 0 Å². The molecule has 0 fully saturated rings. The van der Waals surface area contributed by atoms with E-state index in [4.69, 9.17) is 5.21 Å². The Balaban J connectivity index is 2.26. The Morgan fingerprint density at radius 3 is 2.54 bits per heavy atom. The van der Waals surface area contributed by atoms with E-state index in [1.165, 1.54) is 41.1 Å². The van der Waals surface area contributed by atoms with E-state index in [0.29, 0.717) is 14.4 Å². The van der Waals surface area contributed by atoms with Crippen LogP contribution in [0.25, 0.3) is 10.1 Å². The number of amides is 1.